The first-order valence-corrected chi connectivity index (χ1v) is 7.57. The average Bonchev–Trinajstić information content (AvgIpc) is 2.62. The molecule has 1 atom stereocenters. The van der Waals surface area contributed by atoms with E-state index in [1.807, 2.05) is 12.1 Å². The molecule has 2 heterocycles. The molecule has 1 N–H and O–H groups in total. The van der Waals surface area contributed by atoms with Crippen LogP contribution in [-0.4, -0.2) is 36.2 Å². The van der Waals surface area contributed by atoms with Gasteiger partial charge in [-0.1, -0.05) is 24.4 Å². The van der Waals surface area contributed by atoms with E-state index in [-0.39, 0.29) is 12.5 Å². The van der Waals surface area contributed by atoms with Crippen molar-refractivity contribution >= 4 is 22.9 Å². The van der Waals surface area contributed by atoms with Gasteiger partial charge in [0.25, 0.3) is 0 Å². The largest absolute Gasteiger partial charge is 0.396 e. The minimum atomic E-state index is 0.216. The molecule has 0 amide bonds. The highest BCUT2D eigenvalue weighted by Gasteiger charge is 2.18. The molecule has 0 aromatic carbocycles. The van der Waals surface area contributed by atoms with Crippen LogP contribution in [0.15, 0.2) is 12.1 Å². The Bertz CT molecular complexity index is 334. The van der Waals surface area contributed by atoms with E-state index in [2.05, 4.69) is 4.90 Å². The van der Waals surface area contributed by atoms with Crippen molar-refractivity contribution in [2.45, 2.75) is 31.6 Å². The number of rotatable bonds is 4. The summed E-state index contributed by atoms with van der Waals surface area (Å²) in [5.74, 6) is 0.227. The zero-order chi connectivity index (χ0) is 12.1. The van der Waals surface area contributed by atoms with E-state index >= 15 is 0 Å². The average molecular weight is 274 g/mol. The highest BCUT2D eigenvalue weighted by atomic mass is 35.5. The highest BCUT2D eigenvalue weighted by molar-refractivity contribution is 7.16. The molecule has 1 aliphatic rings. The molecule has 1 aromatic heterocycles. The fourth-order valence-corrected chi connectivity index (χ4v) is 3.56. The smallest absolute Gasteiger partial charge is 0.0931 e. The monoisotopic (exact) mass is 273 g/mol. The van der Waals surface area contributed by atoms with Crippen molar-refractivity contribution < 1.29 is 5.11 Å². The molecule has 0 saturated carbocycles. The Balaban J connectivity index is 1.94. The lowest BCUT2D eigenvalue weighted by Gasteiger charge is -2.24. The maximum Gasteiger partial charge on any atom is 0.0931 e. The van der Waals surface area contributed by atoms with Crippen LogP contribution in [0, 0.1) is 0 Å². The van der Waals surface area contributed by atoms with Gasteiger partial charge in [-0.3, -0.25) is 0 Å². The molecular weight excluding hydrogens is 254 g/mol. The zero-order valence-electron chi connectivity index (χ0n) is 10.1. The summed E-state index contributed by atoms with van der Waals surface area (Å²) < 4.78 is 0.814. The summed E-state index contributed by atoms with van der Waals surface area (Å²) in [7, 11) is 0. The number of hydrogen-bond acceptors (Lipinski definition) is 3. The summed E-state index contributed by atoms with van der Waals surface area (Å²) in [4.78, 5) is 3.70. The van der Waals surface area contributed by atoms with E-state index in [4.69, 9.17) is 11.6 Å². The molecule has 0 radical (unpaired) electrons. The molecule has 17 heavy (non-hydrogen) atoms. The zero-order valence-corrected chi connectivity index (χ0v) is 11.6. The lowest BCUT2D eigenvalue weighted by atomic mass is 10.1. The van der Waals surface area contributed by atoms with Crippen LogP contribution < -0.4 is 0 Å². The second-order valence-electron chi connectivity index (χ2n) is 4.74. The van der Waals surface area contributed by atoms with Gasteiger partial charge in [-0.05, 0) is 38.1 Å². The quantitative estimate of drug-likeness (QED) is 0.909. The number of thiophene rings is 1. The third-order valence-electron chi connectivity index (χ3n) is 3.39. The van der Waals surface area contributed by atoms with Crippen LogP contribution >= 0.6 is 22.9 Å². The molecule has 0 bridgehead atoms. The molecule has 0 aliphatic carbocycles. The Kier molecular flexibility index (Phi) is 5.29. The molecule has 1 fully saturated rings. The summed E-state index contributed by atoms with van der Waals surface area (Å²) >= 11 is 7.55. The van der Waals surface area contributed by atoms with Gasteiger partial charge in [-0.25, -0.2) is 0 Å². The Morgan fingerprint density at radius 1 is 1.24 bits per heavy atom. The number of likely N-dealkylation sites (tertiary alicyclic amines) is 1. The molecule has 96 valence electrons. The standard InChI is InChI=1S/C13H20ClNOS/c14-13-6-5-12(17-13)11(10-16)9-15-7-3-1-2-4-8-15/h5-6,11,16H,1-4,7-10H2. The molecule has 1 aliphatic heterocycles. The van der Waals surface area contributed by atoms with Crippen molar-refractivity contribution in [2.24, 2.45) is 0 Å². The van der Waals surface area contributed by atoms with Gasteiger partial charge in [0.2, 0.25) is 0 Å². The summed E-state index contributed by atoms with van der Waals surface area (Å²) in [6.45, 7) is 3.53. The maximum atomic E-state index is 9.53. The molecule has 1 saturated heterocycles. The van der Waals surface area contributed by atoms with Gasteiger partial charge in [-0.15, -0.1) is 11.3 Å². The summed E-state index contributed by atoms with van der Waals surface area (Å²) in [6, 6.07) is 3.97. The normalized spacial score (nSPS) is 20.1. The first kappa shape index (κ1) is 13.3. The Morgan fingerprint density at radius 3 is 2.47 bits per heavy atom. The topological polar surface area (TPSA) is 23.5 Å². The summed E-state index contributed by atoms with van der Waals surface area (Å²) in [5.41, 5.74) is 0. The van der Waals surface area contributed by atoms with Gasteiger partial charge in [0.1, 0.15) is 0 Å². The number of aliphatic hydroxyl groups excluding tert-OH is 1. The van der Waals surface area contributed by atoms with Gasteiger partial charge in [0.15, 0.2) is 0 Å². The van der Waals surface area contributed by atoms with Crippen LogP contribution in [0.3, 0.4) is 0 Å². The van der Waals surface area contributed by atoms with Crippen molar-refractivity contribution in [1.29, 1.82) is 0 Å². The summed E-state index contributed by atoms with van der Waals surface area (Å²) in [5, 5.41) is 9.53. The van der Waals surface area contributed by atoms with E-state index in [1.165, 1.54) is 43.6 Å². The van der Waals surface area contributed by atoms with Crippen molar-refractivity contribution in [3.05, 3.63) is 21.3 Å². The lowest BCUT2D eigenvalue weighted by Crippen LogP contribution is -2.30. The number of nitrogens with zero attached hydrogens (tertiary/aromatic N) is 1. The lowest BCUT2D eigenvalue weighted by molar-refractivity contribution is 0.205. The van der Waals surface area contributed by atoms with Crippen molar-refractivity contribution in [1.82, 2.24) is 4.90 Å². The SMILES string of the molecule is OCC(CN1CCCCCC1)c1ccc(Cl)s1. The van der Waals surface area contributed by atoms with Gasteiger partial charge in [-0.2, -0.15) is 0 Å². The minimum absolute atomic E-state index is 0.216. The van der Waals surface area contributed by atoms with Crippen molar-refractivity contribution in [3.63, 3.8) is 0 Å². The van der Waals surface area contributed by atoms with Crippen LogP contribution in [0.25, 0.3) is 0 Å². The molecule has 0 spiro atoms. The van der Waals surface area contributed by atoms with E-state index in [9.17, 15) is 5.11 Å². The molecular formula is C13H20ClNOS. The number of aliphatic hydroxyl groups is 1. The highest BCUT2D eigenvalue weighted by Crippen LogP contribution is 2.29. The fraction of sp³-hybridized carbons (Fsp3) is 0.692. The van der Waals surface area contributed by atoms with E-state index < -0.39 is 0 Å². The second kappa shape index (κ2) is 6.74. The van der Waals surface area contributed by atoms with E-state index in [1.54, 1.807) is 11.3 Å². The third-order valence-corrected chi connectivity index (χ3v) is 4.79. The Morgan fingerprint density at radius 2 is 1.94 bits per heavy atom. The second-order valence-corrected chi connectivity index (χ2v) is 6.48. The first-order chi connectivity index (χ1) is 8.29. The number of halogens is 1. The van der Waals surface area contributed by atoms with E-state index in [0.29, 0.717) is 0 Å². The van der Waals surface area contributed by atoms with Crippen LogP contribution in [0.1, 0.15) is 36.5 Å². The van der Waals surface area contributed by atoms with Gasteiger partial charge in [0, 0.05) is 17.3 Å². The van der Waals surface area contributed by atoms with Gasteiger partial charge < -0.3 is 10.0 Å². The maximum absolute atomic E-state index is 9.53. The van der Waals surface area contributed by atoms with Crippen molar-refractivity contribution in [2.75, 3.05) is 26.2 Å². The minimum Gasteiger partial charge on any atom is -0.396 e. The first-order valence-electron chi connectivity index (χ1n) is 6.38. The molecule has 2 rings (SSSR count). The van der Waals surface area contributed by atoms with Crippen LogP contribution in [0.5, 0.6) is 0 Å². The predicted octanol–water partition coefficient (Wildman–Crippen LogP) is 3.35. The molecule has 1 unspecified atom stereocenters. The Labute approximate surface area is 112 Å². The number of hydrogen-bond donors (Lipinski definition) is 1. The van der Waals surface area contributed by atoms with Crippen LogP contribution in [-0.2, 0) is 0 Å². The van der Waals surface area contributed by atoms with Crippen LogP contribution in [0.4, 0.5) is 0 Å². The molecule has 4 heteroatoms. The molecule has 2 nitrogen and oxygen atoms in total. The fourth-order valence-electron chi connectivity index (χ4n) is 2.42. The summed E-state index contributed by atoms with van der Waals surface area (Å²) in [6.07, 6.45) is 5.29. The van der Waals surface area contributed by atoms with E-state index in [0.717, 1.165) is 10.9 Å². The third kappa shape index (κ3) is 3.95. The Hall–Kier alpha value is -0.0900. The molecule has 1 aromatic rings. The van der Waals surface area contributed by atoms with Crippen LogP contribution in [0.2, 0.25) is 4.34 Å². The van der Waals surface area contributed by atoms with Gasteiger partial charge in [0.05, 0.1) is 10.9 Å². The van der Waals surface area contributed by atoms with Gasteiger partial charge >= 0.3 is 0 Å². The van der Waals surface area contributed by atoms with Crippen molar-refractivity contribution in [3.8, 4) is 0 Å². The predicted molar refractivity (Wildman–Crippen MR) is 74.1 cm³/mol.